The molecule has 4 rings (SSSR count). The van der Waals surface area contributed by atoms with Crippen LogP contribution in [-0.2, 0) is 9.47 Å². The molecule has 1 aromatic rings. The third-order valence-electron chi connectivity index (χ3n) is 5.21. The third kappa shape index (κ3) is 3.22. The third-order valence-corrected chi connectivity index (χ3v) is 5.21. The summed E-state index contributed by atoms with van der Waals surface area (Å²) in [7, 11) is 0. The predicted molar refractivity (Wildman–Crippen MR) is 79.9 cm³/mol. The summed E-state index contributed by atoms with van der Waals surface area (Å²) >= 11 is 0. The van der Waals surface area contributed by atoms with Gasteiger partial charge in [-0.2, -0.15) is 0 Å². The Kier molecular flexibility index (Phi) is 3.95. The van der Waals surface area contributed by atoms with Gasteiger partial charge in [0, 0.05) is 25.5 Å². The van der Waals surface area contributed by atoms with Crippen LogP contribution < -0.4 is 4.74 Å². The molecule has 0 aromatic carbocycles. The molecule has 2 saturated carbocycles. The average molecular weight is 358 g/mol. The van der Waals surface area contributed by atoms with Crippen LogP contribution in [0, 0.1) is 5.92 Å². The van der Waals surface area contributed by atoms with E-state index in [0.29, 0.717) is 26.1 Å². The molecule has 0 amide bonds. The number of hydrogen-bond donors (Lipinski definition) is 1. The Bertz CT molecular complexity index is 661. The van der Waals surface area contributed by atoms with Crippen LogP contribution in [0.15, 0.2) is 6.20 Å². The number of carbonyl (C=O) groups is 1. The molecular formula is C16H20F2N2O5. The Morgan fingerprint density at radius 1 is 1.36 bits per heavy atom. The molecule has 7 nitrogen and oxygen atoms in total. The Hall–Kier alpha value is -1.74. The van der Waals surface area contributed by atoms with Crippen molar-refractivity contribution in [3.8, 4) is 5.88 Å². The van der Waals surface area contributed by atoms with Crippen molar-refractivity contribution >= 4 is 5.97 Å². The molecule has 0 bridgehead atoms. The van der Waals surface area contributed by atoms with Crippen LogP contribution in [0.1, 0.15) is 48.5 Å². The van der Waals surface area contributed by atoms with Gasteiger partial charge in [0.1, 0.15) is 5.56 Å². The van der Waals surface area contributed by atoms with Gasteiger partial charge in [-0.1, -0.05) is 0 Å². The van der Waals surface area contributed by atoms with E-state index >= 15 is 0 Å². The summed E-state index contributed by atoms with van der Waals surface area (Å²) in [5.41, 5.74) is -0.0994. The summed E-state index contributed by atoms with van der Waals surface area (Å²) < 4.78 is 44.1. The first-order valence-corrected chi connectivity index (χ1v) is 8.50. The standard InChI is InChI=1S/C16H20F2N2O5/c17-16(18)7-10(16)9-23-13-12(14(21)22)8-20(19-13)11-1-3-15(4-2-11)24-5-6-25-15/h8,10-11H,1-7,9H2,(H,21,22)/t10-/m0/s1. The number of hydrogen-bond acceptors (Lipinski definition) is 5. The van der Waals surface area contributed by atoms with Crippen LogP contribution in [0.2, 0.25) is 0 Å². The summed E-state index contributed by atoms with van der Waals surface area (Å²) in [6.45, 7) is 0.971. The van der Waals surface area contributed by atoms with Gasteiger partial charge >= 0.3 is 5.97 Å². The van der Waals surface area contributed by atoms with Gasteiger partial charge < -0.3 is 19.3 Å². The van der Waals surface area contributed by atoms with Crippen molar-refractivity contribution in [3.05, 3.63) is 11.8 Å². The summed E-state index contributed by atoms with van der Waals surface area (Å²) in [5.74, 6) is -5.34. The van der Waals surface area contributed by atoms with Gasteiger partial charge in [-0.05, 0) is 12.8 Å². The van der Waals surface area contributed by atoms with Gasteiger partial charge in [0.2, 0.25) is 5.88 Å². The van der Waals surface area contributed by atoms with Crippen LogP contribution in [0.4, 0.5) is 8.78 Å². The van der Waals surface area contributed by atoms with Crippen LogP contribution in [0.25, 0.3) is 0 Å². The van der Waals surface area contributed by atoms with Gasteiger partial charge in [0.15, 0.2) is 5.79 Å². The summed E-state index contributed by atoms with van der Waals surface area (Å²) in [5, 5.41) is 13.5. The molecule has 25 heavy (non-hydrogen) atoms. The predicted octanol–water partition coefficient (Wildman–Crippen LogP) is 2.47. The number of halogens is 2. The molecule has 138 valence electrons. The molecule has 1 N–H and O–H groups in total. The van der Waals surface area contributed by atoms with E-state index < -0.39 is 23.6 Å². The van der Waals surface area contributed by atoms with Crippen molar-refractivity contribution in [3.63, 3.8) is 0 Å². The van der Waals surface area contributed by atoms with Crippen LogP contribution in [-0.4, -0.2) is 52.4 Å². The Morgan fingerprint density at radius 3 is 2.56 bits per heavy atom. The van der Waals surface area contributed by atoms with Crippen molar-refractivity contribution in [2.45, 2.75) is 49.9 Å². The number of ether oxygens (including phenoxy) is 3. The van der Waals surface area contributed by atoms with Gasteiger partial charge in [0.25, 0.3) is 5.92 Å². The maximum Gasteiger partial charge on any atom is 0.342 e. The molecule has 1 spiro atoms. The largest absolute Gasteiger partial charge is 0.477 e. The van der Waals surface area contributed by atoms with Crippen molar-refractivity contribution in [1.29, 1.82) is 0 Å². The molecule has 2 heterocycles. The first-order valence-electron chi connectivity index (χ1n) is 8.50. The highest BCUT2D eigenvalue weighted by Crippen LogP contribution is 2.48. The van der Waals surface area contributed by atoms with Gasteiger partial charge in [-0.25, -0.2) is 13.6 Å². The van der Waals surface area contributed by atoms with Crippen molar-refractivity contribution in [2.24, 2.45) is 5.92 Å². The molecule has 9 heteroatoms. The molecule has 1 aliphatic heterocycles. The second-order valence-electron chi connectivity index (χ2n) is 6.94. The highest BCUT2D eigenvalue weighted by molar-refractivity contribution is 5.89. The van der Waals surface area contributed by atoms with E-state index in [2.05, 4.69) is 5.10 Å². The number of rotatable bonds is 5. The lowest BCUT2D eigenvalue weighted by Crippen LogP contribution is -2.35. The monoisotopic (exact) mass is 358 g/mol. The van der Waals surface area contributed by atoms with Crippen molar-refractivity contribution in [2.75, 3.05) is 19.8 Å². The highest BCUT2D eigenvalue weighted by atomic mass is 19.3. The van der Waals surface area contributed by atoms with Crippen LogP contribution in [0.3, 0.4) is 0 Å². The van der Waals surface area contributed by atoms with Crippen LogP contribution in [0.5, 0.6) is 5.88 Å². The molecule has 3 aliphatic rings. The van der Waals surface area contributed by atoms with Gasteiger partial charge in [-0.3, -0.25) is 4.68 Å². The minimum absolute atomic E-state index is 0.0104. The summed E-state index contributed by atoms with van der Waals surface area (Å²) in [6, 6.07) is 0.0104. The number of nitrogens with zero attached hydrogens (tertiary/aromatic N) is 2. The lowest BCUT2D eigenvalue weighted by molar-refractivity contribution is -0.181. The van der Waals surface area contributed by atoms with Gasteiger partial charge in [-0.15, -0.1) is 5.10 Å². The zero-order valence-corrected chi connectivity index (χ0v) is 13.6. The van der Waals surface area contributed by atoms with Gasteiger partial charge in [0.05, 0.1) is 31.8 Å². The fourth-order valence-corrected chi connectivity index (χ4v) is 3.54. The number of aromatic carboxylic acids is 1. The first kappa shape index (κ1) is 16.7. The minimum atomic E-state index is -2.70. The summed E-state index contributed by atoms with van der Waals surface area (Å²) in [4.78, 5) is 11.4. The minimum Gasteiger partial charge on any atom is -0.477 e. The SMILES string of the molecule is O=C(O)c1cn(C2CCC3(CC2)OCCO3)nc1OC[C@@H]1CC1(F)F. The molecular weight excluding hydrogens is 338 g/mol. The van der Waals surface area contributed by atoms with E-state index in [-0.39, 0.29) is 30.5 Å². The number of carboxylic acid groups (broad SMARTS) is 1. The van der Waals surface area contributed by atoms with E-state index in [4.69, 9.17) is 14.2 Å². The first-order chi connectivity index (χ1) is 11.9. The number of alkyl halides is 2. The fraction of sp³-hybridized carbons (Fsp3) is 0.750. The Balaban J connectivity index is 1.43. The second-order valence-corrected chi connectivity index (χ2v) is 6.94. The molecule has 1 atom stereocenters. The molecule has 0 radical (unpaired) electrons. The van der Waals surface area contributed by atoms with Crippen molar-refractivity contribution in [1.82, 2.24) is 9.78 Å². The van der Waals surface area contributed by atoms with E-state index in [9.17, 15) is 18.7 Å². The quantitative estimate of drug-likeness (QED) is 0.871. The lowest BCUT2D eigenvalue weighted by Gasteiger charge is -2.35. The van der Waals surface area contributed by atoms with Crippen molar-refractivity contribution < 1.29 is 32.9 Å². The van der Waals surface area contributed by atoms with E-state index in [0.717, 1.165) is 12.8 Å². The normalized spacial score (nSPS) is 27.5. The topological polar surface area (TPSA) is 82.8 Å². The molecule has 2 aliphatic carbocycles. The molecule has 1 aromatic heterocycles. The average Bonchev–Trinajstić information content (AvgIpc) is 2.97. The Labute approximate surface area is 142 Å². The number of aromatic nitrogens is 2. The fourth-order valence-electron chi connectivity index (χ4n) is 3.54. The zero-order valence-electron chi connectivity index (χ0n) is 13.6. The van der Waals surface area contributed by atoms with E-state index in [1.165, 1.54) is 6.20 Å². The van der Waals surface area contributed by atoms with Crippen LogP contribution >= 0.6 is 0 Å². The molecule has 0 unspecified atom stereocenters. The smallest absolute Gasteiger partial charge is 0.342 e. The maximum atomic E-state index is 13.0. The summed E-state index contributed by atoms with van der Waals surface area (Å²) in [6.07, 6.45) is 4.10. The molecule has 3 fully saturated rings. The molecule has 1 saturated heterocycles. The maximum absolute atomic E-state index is 13.0. The number of carboxylic acids is 1. The second kappa shape index (κ2) is 5.91. The highest BCUT2D eigenvalue weighted by Gasteiger charge is 2.57. The lowest BCUT2D eigenvalue weighted by atomic mass is 9.90. The van der Waals surface area contributed by atoms with E-state index in [1.807, 2.05) is 0 Å². The van der Waals surface area contributed by atoms with E-state index in [1.54, 1.807) is 4.68 Å². The zero-order chi connectivity index (χ0) is 17.7. The Morgan fingerprint density at radius 2 is 2.00 bits per heavy atom.